The van der Waals surface area contributed by atoms with E-state index >= 15 is 0 Å². The number of hydrogen-bond acceptors (Lipinski definition) is 3. The molecule has 1 fully saturated rings. The fourth-order valence-corrected chi connectivity index (χ4v) is 3.86. The van der Waals surface area contributed by atoms with Crippen molar-refractivity contribution in [3.63, 3.8) is 0 Å². The second kappa shape index (κ2) is 8.49. The minimum Gasteiger partial charge on any atom is -0.385 e. The molecule has 1 saturated heterocycles. The SMILES string of the molecule is COCCCC1CCCCN1C(=O)c1ccc(-c2nc(C)[nH]c2C)cc1. The standard InChI is InChI=1S/C21H29N3O2/c1-15-20(23-16(2)22-15)17-9-11-18(12-10-17)21(25)24-13-5-4-7-19(24)8-6-14-26-3/h9-12,19H,4-8,13-14H2,1-3H3,(H,22,23). The van der Waals surface area contributed by atoms with Gasteiger partial charge in [0.15, 0.2) is 0 Å². The van der Waals surface area contributed by atoms with Crippen molar-refractivity contribution in [2.24, 2.45) is 0 Å². The van der Waals surface area contributed by atoms with Crippen molar-refractivity contribution in [1.29, 1.82) is 0 Å². The van der Waals surface area contributed by atoms with E-state index in [1.807, 2.05) is 38.1 Å². The molecule has 1 amide bonds. The summed E-state index contributed by atoms with van der Waals surface area (Å²) < 4.78 is 5.17. The molecule has 0 bridgehead atoms. The van der Waals surface area contributed by atoms with Crippen LogP contribution in [0.3, 0.4) is 0 Å². The van der Waals surface area contributed by atoms with Crippen LogP contribution >= 0.6 is 0 Å². The number of H-pyrrole nitrogens is 1. The smallest absolute Gasteiger partial charge is 0.254 e. The van der Waals surface area contributed by atoms with Crippen molar-refractivity contribution < 1.29 is 9.53 Å². The Morgan fingerprint density at radius 2 is 2.04 bits per heavy atom. The van der Waals surface area contributed by atoms with Crippen LogP contribution in [0.5, 0.6) is 0 Å². The minimum absolute atomic E-state index is 0.147. The molecule has 1 aliphatic heterocycles. The second-order valence-electron chi connectivity index (χ2n) is 7.16. The molecule has 1 aromatic heterocycles. The Kier molecular flexibility index (Phi) is 6.09. The predicted octanol–water partition coefficient (Wildman–Crippen LogP) is 4.11. The first-order valence-electron chi connectivity index (χ1n) is 9.53. The summed E-state index contributed by atoms with van der Waals surface area (Å²) in [6.07, 6.45) is 5.42. The predicted molar refractivity (Wildman–Crippen MR) is 103 cm³/mol. The van der Waals surface area contributed by atoms with Gasteiger partial charge in [0, 0.05) is 43.1 Å². The number of amides is 1. The first-order chi connectivity index (χ1) is 12.6. The summed E-state index contributed by atoms with van der Waals surface area (Å²) in [5.74, 6) is 1.05. The summed E-state index contributed by atoms with van der Waals surface area (Å²) in [6, 6.07) is 8.20. The van der Waals surface area contributed by atoms with Crippen LogP contribution < -0.4 is 0 Å². The van der Waals surface area contributed by atoms with Gasteiger partial charge < -0.3 is 14.6 Å². The number of carbonyl (C=O) groups excluding carboxylic acids is 1. The second-order valence-corrected chi connectivity index (χ2v) is 7.16. The molecular formula is C21H29N3O2. The van der Waals surface area contributed by atoms with Gasteiger partial charge in [-0.05, 0) is 58.1 Å². The summed E-state index contributed by atoms with van der Waals surface area (Å²) >= 11 is 0. The molecule has 1 aliphatic rings. The normalized spacial score (nSPS) is 17.5. The number of hydrogen-bond donors (Lipinski definition) is 1. The lowest BCUT2D eigenvalue weighted by Gasteiger charge is -2.36. The maximum absolute atomic E-state index is 13.0. The fourth-order valence-electron chi connectivity index (χ4n) is 3.86. The number of nitrogens with zero attached hydrogens (tertiary/aromatic N) is 2. The van der Waals surface area contributed by atoms with Gasteiger partial charge in [0.25, 0.3) is 5.91 Å². The molecule has 140 valence electrons. The molecule has 5 heteroatoms. The molecule has 1 aromatic carbocycles. The number of carbonyl (C=O) groups is 1. The molecular weight excluding hydrogens is 326 g/mol. The van der Waals surface area contributed by atoms with Gasteiger partial charge in [-0.2, -0.15) is 0 Å². The van der Waals surface area contributed by atoms with Crippen LogP contribution in [0.1, 0.15) is 54.0 Å². The maximum atomic E-state index is 13.0. The molecule has 26 heavy (non-hydrogen) atoms. The number of rotatable bonds is 6. The molecule has 1 N–H and O–H groups in total. The number of benzene rings is 1. The molecule has 3 rings (SSSR count). The number of aromatic amines is 1. The Morgan fingerprint density at radius 1 is 1.27 bits per heavy atom. The van der Waals surface area contributed by atoms with Crippen molar-refractivity contribution in [2.75, 3.05) is 20.3 Å². The van der Waals surface area contributed by atoms with Gasteiger partial charge in [-0.15, -0.1) is 0 Å². The van der Waals surface area contributed by atoms with E-state index in [1.165, 1.54) is 6.42 Å². The Labute approximate surface area is 155 Å². The van der Waals surface area contributed by atoms with Crippen LogP contribution in [0.4, 0.5) is 0 Å². The number of imidazole rings is 1. The highest BCUT2D eigenvalue weighted by molar-refractivity contribution is 5.95. The molecule has 0 saturated carbocycles. The molecule has 1 atom stereocenters. The Morgan fingerprint density at radius 3 is 2.69 bits per heavy atom. The minimum atomic E-state index is 0.147. The number of likely N-dealkylation sites (tertiary alicyclic amines) is 1. The van der Waals surface area contributed by atoms with Gasteiger partial charge in [-0.3, -0.25) is 4.79 Å². The maximum Gasteiger partial charge on any atom is 0.254 e. The van der Waals surface area contributed by atoms with E-state index in [-0.39, 0.29) is 5.91 Å². The van der Waals surface area contributed by atoms with E-state index in [1.54, 1.807) is 7.11 Å². The number of aromatic nitrogens is 2. The van der Waals surface area contributed by atoms with Crippen LogP contribution in [0.25, 0.3) is 11.3 Å². The lowest BCUT2D eigenvalue weighted by molar-refractivity contribution is 0.0585. The van der Waals surface area contributed by atoms with Crippen LogP contribution in [0.15, 0.2) is 24.3 Å². The zero-order valence-electron chi connectivity index (χ0n) is 16.0. The van der Waals surface area contributed by atoms with Gasteiger partial charge in [0.05, 0.1) is 5.69 Å². The van der Waals surface area contributed by atoms with E-state index in [9.17, 15) is 4.79 Å². The number of methoxy groups -OCH3 is 1. The number of aryl methyl sites for hydroxylation is 2. The van der Waals surface area contributed by atoms with Crippen LogP contribution in [-0.4, -0.2) is 47.1 Å². The van der Waals surface area contributed by atoms with Crippen molar-refractivity contribution in [1.82, 2.24) is 14.9 Å². The topological polar surface area (TPSA) is 58.2 Å². The summed E-state index contributed by atoms with van der Waals surface area (Å²) in [7, 11) is 1.73. The molecule has 2 heterocycles. The van der Waals surface area contributed by atoms with E-state index in [0.717, 1.165) is 67.2 Å². The zero-order valence-corrected chi connectivity index (χ0v) is 16.0. The monoisotopic (exact) mass is 355 g/mol. The van der Waals surface area contributed by atoms with E-state index in [0.29, 0.717) is 6.04 Å². The van der Waals surface area contributed by atoms with E-state index < -0.39 is 0 Å². The number of piperidine rings is 1. The molecule has 0 radical (unpaired) electrons. The summed E-state index contributed by atoms with van der Waals surface area (Å²) in [5.41, 5.74) is 3.81. The molecule has 0 aliphatic carbocycles. The van der Waals surface area contributed by atoms with Gasteiger partial charge in [-0.1, -0.05) is 12.1 Å². The molecule has 0 spiro atoms. The molecule has 5 nitrogen and oxygen atoms in total. The third-order valence-corrected chi connectivity index (χ3v) is 5.18. The van der Waals surface area contributed by atoms with Crippen LogP contribution in [0.2, 0.25) is 0 Å². The largest absolute Gasteiger partial charge is 0.385 e. The van der Waals surface area contributed by atoms with Crippen LogP contribution in [-0.2, 0) is 4.74 Å². The average Bonchev–Trinajstić information content (AvgIpc) is 3.00. The highest BCUT2D eigenvalue weighted by Gasteiger charge is 2.27. The van der Waals surface area contributed by atoms with Gasteiger partial charge in [-0.25, -0.2) is 4.98 Å². The molecule has 1 unspecified atom stereocenters. The third kappa shape index (κ3) is 4.15. The lowest BCUT2D eigenvalue weighted by Crippen LogP contribution is -2.43. The van der Waals surface area contributed by atoms with E-state index in [2.05, 4.69) is 14.9 Å². The highest BCUT2D eigenvalue weighted by Crippen LogP contribution is 2.25. The highest BCUT2D eigenvalue weighted by atomic mass is 16.5. The Bertz CT molecular complexity index is 736. The summed E-state index contributed by atoms with van der Waals surface area (Å²) in [6.45, 7) is 5.59. The first-order valence-corrected chi connectivity index (χ1v) is 9.53. The number of nitrogens with one attached hydrogen (secondary N) is 1. The van der Waals surface area contributed by atoms with Gasteiger partial charge >= 0.3 is 0 Å². The van der Waals surface area contributed by atoms with Gasteiger partial charge in [0.1, 0.15) is 5.82 Å². The zero-order chi connectivity index (χ0) is 18.5. The average molecular weight is 355 g/mol. The molecule has 2 aromatic rings. The first kappa shape index (κ1) is 18.6. The van der Waals surface area contributed by atoms with Gasteiger partial charge in [0.2, 0.25) is 0 Å². The quantitative estimate of drug-likeness (QED) is 0.793. The fraction of sp³-hybridized carbons (Fsp3) is 0.524. The van der Waals surface area contributed by atoms with Crippen LogP contribution in [0, 0.1) is 13.8 Å². The Balaban J connectivity index is 1.73. The lowest BCUT2D eigenvalue weighted by atomic mass is 9.96. The van der Waals surface area contributed by atoms with Crippen molar-refractivity contribution in [3.8, 4) is 11.3 Å². The third-order valence-electron chi connectivity index (χ3n) is 5.18. The summed E-state index contributed by atoms with van der Waals surface area (Å²) in [5, 5.41) is 0. The van der Waals surface area contributed by atoms with Crippen molar-refractivity contribution >= 4 is 5.91 Å². The van der Waals surface area contributed by atoms with Crippen molar-refractivity contribution in [3.05, 3.63) is 41.3 Å². The Hall–Kier alpha value is -2.14. The van der Waals surface area contributed by atoms with Crippen molar-refractivity contribution in [2.45, 2.75) is 52.0 Å². The summed E-state index contributed by atoms with van der Waals surface area (Å²) in [4.78, 5) is 22.9. The number of ether oxygens (including phenoxy) is 1. The van der Waals surface area contributed by atoms with E-state index in [4.69, 9.17) is 4.74 Å².